The molecule has 0 saturated heterocycles. The third-order valence-corrected chi connectivity index (χ3v) is 5.26. The molecule has 0 bridgehead atoms. The van der Waals surface area contributed by atoms with Crippen molar-refractivity contribution < 1.29 is 4.79 Å². The van der Waals surface area contributed by atoms with Crippen LogP contribution in [0.4, 0.5) is 11.5 Å². The number of carbonyl (C=O) groups is 1. The van der Waals surface area contributed by atoms with Gasteiger partial charge in [-0.15, -0.1) is 0 Å². The van der Waals surface area contributed by atoms with Crippen LogP contribution in [0.3, 0.4) is 0 Å². The van der Waals surface area contributed by atoms with Crippen LogP contribution in [0.5, 0.6) is 0 Å². The van der Waals surface area contributed by atoms with Crippen LogP contribution in [0.1, 0.15) is 42.6 Å². The lowest BCUT2D eigenvalue weighted by Gasteiger charge is -2.36. The topological polar surface area (TPSA) is 84.2 Å². The fourth-order valence-corrected chi connectivity index (χ4v) is 4.20. The zero-order valence-corrected chi connectivity index (χ0v) is 15.0. The highest BCUT2D eigenvalue weighted by atomic mass is 35.5. The van der Waals surface area contributed by atoms with Gasteiger partial charge in [-0.2, -0.15) is 4.40 Å². The molecule has 7 nitrogen and oxygen atoms in total. The second kappa shape index (κ2) is 6.34. The number of hydrogen-bond donors (Lipinski definition) is 3. The van der Waals surface area contributed by atoms with E-state index < -0.39 is 5.66 Å². The number of anilines is 2. The van der Waals surface area contributed by atoms with Gasteiger partial charge in [0.2, 0.25) is 0 Å². The van der Waals surface area contributed by atoms with Gasteiger partial charge in [-0.3, -0.25) is 9.36 Å². The molecule has 1 spiro atoms. The number of halogens is 1. The molecule has 1 saturated carbocycles. The molecule has 0 radical (unpaired) electrons. The monoisotopic (exact) mass is 376 g/mol. The largest absolute Gasteiger partial charge is 0.337 e. The number of carbonyl (C=O) groups excluding carboxylic acids is 1. The van der Waals surface area contributed by atoms with Crippen molar-refractivity contribution in [2.75, 3.05) is 5.32 Å². The van der Waals surface area contributed by atoms with Crippen molar-refractivity contribution >= 4 is 41.8 Å². The molecule has 3 heterocycles. The molecule has 0 atom stereocenters. The number of nitrogens with one attached hydrogen (secondary N) is 2. The van der Waals surface area contributed by atoms with Gasteiger partial charge in [0.1, 0.15) is 23.5 Å². The van der Waals surface area contributed by atoms with E-state index in [1.165, 1.54) is 6.33 Å². The summed E-state index contributed by atoms with van der Waals surface area (Å²) in [5, 5.41) is 6.70. The minimum atomic E-state index is -0.487. The molecule has 9 heteroatoms. The number of amides is 1. The fourth-order valence-electron chi connectivity index (χ4n) is 3.72. The van der Waals surface area contributed by atoms with E-state index >= 15 is 0 Å². The molecular weight excluding hydrogens is 360 g/mol. The molecule has 1 amide bonds. The van der Waals surface area contributed by atoms with E-state index in [4.69, 9.17) is 11.6 Å². The highest BCUT2D eigenvalue weighted by Gasteiger charge is 2.45. The van der Waals surface area contributed by atoms with Crippen LogP contribution in [0.2, 0.25) is 5.02 Å². The Morgan fingerprint density at radius 3 is 2.84 bits per heavy atom. The number of thiol groups is 1. The first-order valence-corrected chi connectivity index (χ1v) is 8.92. The second-order valence-electron chi connectivity index (χ2n) is 6.28. The van der Waals surface area contributed by atoms with E-state index in [9.17, 15) is 4.79 Å². The summed E-state index contributed by atoms with van der Waals surface area (Å²) in [7, 11) is 0. The van der Waals surface area contributed by atoms with E-state index in [0.29, 0.717) is 27.7 Å². The number of aromatic nitrogens is 3. The molecular formula is C16H17ClN6OS. The normalized spacial score (nSPS) is 19.0. The van der Waals surface area contributed by atoms with Gasteiger partial charge in [-0.1, -0.05) is 18.0 Å². The summed E-state index contributed by atoms with van der Waals surface area (Å²) in [5.74, 6) is 0.443. The second-order valence-corrected chi connectivity index (χ2v) is 6.89. The molecule has 25 heavy (non-hydrogen) atoms. The van der Waals surface area contributed by atoms with E-state index in [0.717, 1.165) is 32.1 Å². The SMILES string of the molecule is O=C1NC2(CCCCC2)n2c1c(Cl)cc(Nc1ccncn1)/c2=N\S. The van der Waals surface area contributed by atoms with Crippen LogP contribution in [0.25, 0.3) is 0 Å². The Kier molecular flexibility index (Phi) is 4.16. The van der Waals surface area contributed by atoms with Gasteiger partial charge >= 0.3 is 0 Å². The summed E-state index contributed by atoms with van der Waals surface area (Å²) in [6, 6.07) is 3.43. The standard InChI is InChI=1S/C16H17ClN6OS/c17-10-8-11(20-12-4-7-18-9-19-12)14(22-25)23-13(10)15(24)21-16(23)5-2-1-3-6-16/h4,7-9,25H,1-3,5-6H2,(H,21,24)(H,18,19,20)/b22-14+. The van der Waals surface area contributed by atoms with Gasteiger partial charge in [-0.05, 0) is 50.6 Å². The van der Waals surface area contributed by atoms with Gasteiger partial charge in [-0.25, -0.2) is 9.97 Å². The summed E-state index contributed by atoms with van der Waals surface area (Å²) in [6.07, 6.45) is 8.03. The molecule has 130 valence electrons. The maximum Gasteiger partial charge on any atom is 0.271 e. The Balaban J connectivity index is 1.91. The van der Waals surface area contributed by atoms with Gasteiger partial charge in [0.25, 0.3) is 5.91 Å². The molecule has 4 rings (SSSR count). The minimum Gasteiger partial charge on any atom is -0.337 e. The van der Waals surface area contributed by atoms with Crippen LogP contribution in [0, 0.1) is 0 Å². The Bertz CT molecular complexity index is 891. The van der Waals surface area contributed by atoms with Crippen LogP contribution in [0.15, 0.2) is 29.1 Å². The third-order valence-electron chi connectivity index (χ3n) is 4.78. The molecule has 0 aromatic carbocycles. The van der Waals surface area contributed by atoms with Crippen LogP contribution in [-0.2, 0) is 5.66 Å². The maximum absolute atomic E-state index is 12.6. The number of pyridine rings is 1. The molecule has 2 aromatic rings. The third kappa shape index (κ3) is 2.69. The maximum atomic E-state index is 12.6. The van der Waals surface area contributed by atoms with Crippen molar-refractivity contribution in [3.8, 4) is 0 Å². The van der Waals surface area contributed by atoms with Crippen molar-refractivity contribution in [2.45, 2.75) is 37.8 Å². The van der Waals surface area contributed by atoms with Crippen LogP contribution in [-0.4, -0.2) is 20.4 Å². The molecule has 2 aliphatic rings. The van der Waals surface area contributed by atoms with E-state index in [-0.39, 0.29) is 5.91 Å². The number of rotatable bonds is 2. The summed E-state index contributed by atoms with van der Waals surface area (Å²) in [6.45, 7) is 0. The van der Waals surface area contributed by atoms with Gasteiger partial charge < -0.3 is 10.6 Å². The number of nitrogens with zero attached hydrogens (tertiary/aromatic N) is 4. The van der Waals surface area contributed by atoms with E-state index in [2.05, 4.69) is 37.8 Å². The first-order valence-electron chi connectivity index (χ1n) is 8.14. The molecule has 2 N–H and O–H groups in total. The van der Waals surface area contributed by atoms with Crippen molar-refractivity contribution in [1.29, 1.82) is 0 Å². The lowest BCUT2D eigenvalue weighted by atomic mass is 9.89. The van der Waals surface area contributed by atoms with Gasteiger partial charge in [0.05, 0.1) is 10.7 Å². The predicted molar refractivity (Wildman–Crippen MR) is 97.8 cm³/mol. The summed E-state index contributed by atoms with van der Waals surface area (Å²) in [5.41, 5.74) is 1.15. The smallest absolute Gasteiger partial charge is 0.271 e. The quantitative estimate of drug-likeness (QED) is 0.704. The van der Waals surface area contributed by atoms with Crippen molar-refractivity contribution in [3.05, 3.63) is 40.9 Å². The van der Waals surface area contributed by atoms with Gasteiger partial charge in [0.15, 0.2) is 5.49 Å². The molecule has 1 aliphatic carbocycles. The Morgan fingerprint density at radius 1 is 1.36 bits per heavy atom. The van der Waals surface area contributed by atoms with Crippen molar-refractivity contribution in [1.82, 2.24) is 19.9 Å². The molecule has 2 aromatic heterocycles. The van der Waals surface area contributed by atoms with Crippen molar-refractivity contribution in [2.24, 2.45) is 4.40 Å². The number of hydrogen-bond acceptors (Lipinski definition) is 6. The van der Waals surface area contributed by atoms with Crippen molar-refractivity contribution in [3.63, 3.8) is 0 Å². The molecule has 1 aliphatic heterocycles. The summed E-state index contributed by atoms with van der Waals surface area (Å²) >= 11 is 10.6. The molecule has 1 fully saturated rings. The predicted octanol–water partition coefficient (Wildman–Crippen LogP) is 2.78. The highest BCUT2D eigenvalue weighted by Crippen LogP contribution is 2.38. The lowest BCUT2D eigenvalue weighted by molar-refractivity contribution is 0.0876. The Hall–Kier alpha value is -2.06. The molecule has 0 unspecified atom stereocenters. The number of fused-ring (bicyclic) bond motifs is 2. The lowest BCUT2D eigenvalue weighted by Crippen LogP contribution is -2.49. The summed E-state index contributed by atoms with van der Waals surface area (Å²) in [4.78, 5) is 20.6. The first kappa shape index (κ1) is 16.4. The average molecular weight is 377 g/mol. The first-order chi connectivity index (χ1) is 12.1. The average Bonchev–Trinajstić information content (AvgIpc) is 2.89. The van der Waals surface area contributed by atoms with Gasteiger partial charge in [0, 0.05) is 6.20 Å². The van der Waals surface area contributed by atoms with Crippen LogP contribution < -0.4 is 16.1 Å². The van der Waals surface area contributed by atoms with E-state index in [1.54, 1.807) is 18.3 Å². The zero-order chi connectivity index (χ0) is 17.4. The summed E-state index contributed by atoms with van der Waals surface area (Å²) < 4.78 is 6.07. The minimum absolute atomic E-state index is 0.168. The van der Waals surface area contributed by atoms with E-state index in [1.807, 2.05) is 4.57 Å². The highest BCUT2D eigenvalue weighted by molar-refractivity contribution is 7.78. The fraction of sp³-hybridized carbons (Fsp3) is 0.375. The Labute approximate surface area is 155 Å². The van der Waals surface area contributed by atoms with Crippen LogP contribution >= 0.6 is 24.4 Å². The zero-order valence-electron chi connectivity index (χ0n) is 13.4. The Morgan fingerprint density at radius 2 is 2.16 bits per heavy atom.